The molecule has 0 N–H and O–H groups in total. The second-order valence-corrected chi connectivity index (χ2v) is 6.99. The summed E-state index contributed by atoms with van der Waals surface area (Å²) in [6.45, 7) is 0.429. The summed E-state index contributed by atoms with van der Waals surface area (Å²) in [4.78, 5) is 21.7. The van der Waals surface area contributed by atoms with Crippen molar-refractivity contribution in [1.29, 1.82) is 0 Å². The number of hydrogen-bond acceptors (Lipinski definition) is 5. The van der Waals surface area contributed by atoms with Crippen LogP contribution >= 0.6 is 23.1 Å². The smallest absolute Gasteiger partial charge is 0.280 e. The predicted octanol–water partition coefficient (Wildman–Crippen LogP) is 3.59. The second kappa shape index (κ2) is 5.82. The highest BCUT2D eigenvalue weighted by atomic mass is 32.2. The summed E-state index contributed by atoms with van der Waals surface area (Å²) in [5.41, 5.74) is 1.36. The van der Waals surface area contributed by atoms with Gasteiger partial charge in [0.2, 0.25) is 0 Å². The van der Waals surface area contributed by atoms with Crippen molar-refractivity contribution in [3.8, 4) is 0 Å². The maximum Gasteiger partial charge on any atom is 0.280 e. The van der Waals surface area contributed by atoms with Crippen LogP contribution in [0.5, 0.6) is 0 Å². The first kappa shape index (κ1) is 14.5. The molecule has 2 aromatic rings. The lowest BCUT2D eigenvalue weighted by Crippen LogP contribution is -2.46. The highest BCUT2D eigenvalue weighted by Gasteiger charge is 2.35. The number of rotatable bonds is 2. The van der Waals surface area contributed by atoms with E-state index in [0.29, 0.717) is 18.2 Å². The van der Waals surface area contributed by atoms with Crippen LogP contribution in [-0.4, -0.2) is 28.5 Å². The van der Waals surface area contributed by atoms with E-state index in [-0.39, 0.29) is 11.7 Å². The van der Waals surface area contributed by atoms with Gasteiger partial charge in [0.25, 0.3) is 5.91 Å². The van der Waals surface area contributed by atoms with E-state index in [1.54, 1.807) is 28.4 Å². The Morgan fingerprint density at radius 2 is 2.04 bits per heavy atom. The summed E-state index contributed by atoms with van der Waals surface area (Å²) >= 11 is 3.09. The van der Waals surface area contributed by atoms with Crippen molar-refractivity contribution in [2.24, 2.45) is 4.99 Å². The lowest BCUT2D eigenvalue weighted by Gasteiger charge is -2.34. The number of carbonyl (C=O) groups excluding carboxylic acids is 1. The standard InChI is InChI=1S/C16H12FN3OS2/c17-11-3-5-12(6-4-11)19-9-20-15(21)14(18-16(20)23-10-19)8-13-2-1-7-22-13/h1-8H,9-10H2/b14-8-. The van der Waals surface area contributed by atoms with Crippen LogP contribution in [0.4, 0.5) is 10.1 Å². The predicted molar refractivity (Wildman–Crippen MR) is 92.8 cm³/mol. The minimum absolute atomic E-state index is 0.0901. The molecule has 1 fully saturated rings. The van der Waals surface area contributed by atoms with Crippen molar-refractivity contribution in [1.82, 2.24) is 4.90 Å². The number of fused-ring (bicyclic) bond motifs is 1. The molecule has 0 saturated carbocycles. The molecule has 2 aliphatic heterocycles. The monoisotopic (exact) mass is 345 g/mol. The van der Waals surface area contributed by atoms with Crippen LogP contribution in [0.15, 0.2) is 52.5 Å². The van der Waals surface area contributed by atoms with E-state index in [4.69, 9.17) is 0 Å². The van der Waals surface area contributed by atoms with Crippen molar-refractivity contribution in [2.45, 2.75) is 0 Å². The number of halogens is 1. The van der Waals surface area contributed by atoms with Crippen molar-refractivity contribution in [3.63, 3.8) is 0 Å². The molecule has 1 aromatic carbocycles. The lowest BCUT2D eigenvalue weighted by molar-refractivity contribution is -0.122. The molecule has 116 valence electrons. The van der Waals surface area contributed by atoms with Gasteiger partial charge >= 0.3 is 0 Å². The van der Waals surface area contributed by atoms with Gasteiger partial charge in [0.1, 0.15) is 18.2 Å². The zero-order valence-corrected chi connectivity index (χ0v) is 13.6. The summed E-state index contributed by atoms with van der Waals surface area (Å²) in [7, 11) is 0. The first-order valence-corrected chi connectivity index (χ1v) is 8.86. The fourth-order valence-electron chi connectivity index (χ4n) is 2.43. The third-order valence-corrected chi connectivity index (χ3v) is 5.42. The molecule has 3 heterocycles. The zero-order valence-electron chi connectivity index (χ0n) is 12.0. The second-order valence-electron chi connectivity index (χ2n) is 5.10. The lowest BCUT2D eigenvalue weighted by atomic mass is 10.3. The van der Waals surface area contributed by atoms with Crippen LogP contribution in [-0.2, 0) is 4.79 Å². The van der Waals surface area contributed by atoms with Crippen LogP contribution in [0.25, 0.3) is 6.08 Å². The maximum absolute atomic E-state index is 13.0. The number of nitrogens with zero attached hydrogens (tertiary/aromatic N) is 3. The van der Waals surface area contributed by atoms with E-state index in [2.05, 4.69) is 4.99 Å². The minimum atomic E-state index is -0.265. The number of thiophene rings is 1. The number of amidine groups is 1. The van der Waals surface area contributed by atoms with Gasteiger partial charge in [-0.3, -0.25) is 9.69 Å². The third kappa shape index (κ3) is 2.77. The Bertz CT molecular complexity index is 799. The Balaban J connectivity index is 1.56. The van der Waals surface area contributed by atoms with Gasteiger partial charge in [0.15, 0.2) is 5.17 Å². The van der Waals surface area contributed by atoms with Gasteiger partial charge in [-0.15, -0.1) is 11.3 Å². The van der Waals surface area contributed by atoms with Crippen molar-refractivity contribution in [2.75, 3.05) is 17.4 Å². The number of carbonyl (C=O) groups is 1. The molecule has 1 saturated heterocycles. The van der Waals surface area contributed by atoms with Crippen LogP contribution in [0.1, 0.15) is 4.88 Å². The van der Waals surface area contributed by atoms with E-state index in [1.165, 1.54) is 23.9 Å². The Hall–Kier alpha value is -2.12. The SMILES string of the molecule is O=C1/C(=C/c2cccs2)N=C2SCN(c3ccc(F)cc3)CN12. The topological polar surface area (TPSA) is 35.9 Å². The van der Waals surface area contributed by atoms with Gasteiger partial charge in [-0.25, -0.2) is 9.38 Å². The summed E-state index contributed by atoms with van der Waals surface area (Å²) < 4.78 is 13.0. The number of amides is 1. The molecule has 4 rings (SSSR count). The molecule has 0 unspecified atom stereocenters. The quantitative estimate of drug-likeness (QED) is 0.781. The van der Waals surface area contributed by atoms with Crippen LogP contribution in [0, 0.1) is 5.82 Å². The van der Waals surface area contributed by atoms with Crippen LogP contribution in [0.2, 0.25) is 0 Å². The fourth-order valence-corrected chi connectivity index (χ4v) is 4.04. The van der Waals surface area contributed by atoms with Gasteiger partial charge in [0, 0.05) is 10.6 Å². The average molecular weight is 345 g/mol. The molecule has 4 nitrogen and oxygen atoms in total. The molecule has 1 amide bonds. The van der Waals surface area contributed by atoms with E-state index < -0.39 is 0 Å². The molecule has 2 aliphatic rings. The molecule has 1 aromatic heterocycles. The minimum Gasteiger partial charge on any atom is -0.343 e. The van der Waals surface area contributed by atoms with Gasteiger partial charge < -0.3 is 4.90 Å². The number of aliphatic imine (C=N–C) groups is 1. The summed E-state index contributed by atoms with van der Waals surface area (Å²) in [6, 6.07) is 10.2. The van der Waals surface area contributed by atoms with Crippen LogP contribution < -0.4 is 4.90 Å². The van der Waals surface area contributed by atoms with E-state index in [1.807, 2.05) is 28.5 Å². The van der Waals surface area contributed by atoms with Gasteiger partial charge in [-0.1, -0.05) is 17.8 Å². The normalized spacial score (nSPS) is 19.3. The Morgan fingerprint density at radius 3 is 2.78 bits per heavy atom. The number of benzene rings is 1. The van der Waals surface area contributed by atoms with Crippen LogP contribution in [0.3, 0.4) is 0 Å². The van der Waals surface area contributed by atoms with E-state index >= 15 is 0 Å². The Morgan fingerprint density at radius 1 is 1.22 bits per heavy atom. The molecule has 7 heteroatoms. The first-order chi connectivity index (χ1) is 11.2. The fraction of sp³-hybridized carbons (Fsp3) is 0.125. The molecule has 0 aliphatic carbocycles. The highest BCUT2D eigenvalue weighted by Crippen LogP contribution is 2.31. The van der Waals surface area contributed by atoms with Gasteiger partial charge in [-0.2, -0.15) is 0 Å². The van der Waals surface area contributed by atoms with Gasteiger partial charge in [0.05, 0.1) is 5.88 Å². The highest BCUT2D eigenvalue weighted by molar-refractivity contribution is 8.14. The Kier molecular flexibility index (Phi) is 3.66. The number of anilines is 1. The summed E-state index contributed by atoms with van der Waals surface area (Å²) in [5, 5.41) is 2.70. The largest absolute Gasteiger partial charge is 0.343 e. The molecule has 0 atom stereocenters. The third-order valence-electron chi connectivity index (χ3n) is 3.59. The van der Waals surface area contributed by atoms with Crippen molar-refractivity contribution in [3.05, 3.63) is 58.2 Å². The molecule has 23 heavy (non-hydrogen) atoms. The average Bonchev–Trinajstić information content (AvgIpc) is 3.17. The molecular weight excluding hydrogens is 333 g/mol. The maximum atomic E-state index is 13.0. The number of hydrogen-bond donors (Lipinski definition) is 0. The zero-order chi connectivity index (χ0) is 15.8. The van der Waals surface area contributed by atoms with Crippen molar-refractivity contribution >= 4 is 45.9 Å². The molecule has 0 bridgehead atoms. The first-order valence-electron chi connectivity index (χ1n) is 7.00. The summed E-state index contributed by atoms with van der Waals surface area (Å²) in [5.74, 6) is 0.326. The number of thioether (sulfide) groups is 1. The summed E-state index contributed by atoms with van der Waals surface area (Å²) in [6.07, 6.45) is 1.82. The molecule has 0 radical (unpaired) electrons. The Labute approximate surface area is 140 Å². The molecular formula is C16H12FN3OS2. The van der Waals surface area contributed by atoms with Crippen molar-refractivity contribution < 1.29 is 9.18 Å². The molecule has 0 spiro atoms. The van der Waals surface area contributed by atoms with E-state index in [0.717, 1.165) is 15.7 Å². The van der Waals surface area contributed by atoms with E-state index in [9.17, 15) is 9.18 Å². The van der Waals surface area contributed by atoms with Gasteiger partial charge in [-0.05, 0) is 41.8 Å².